The van der Waals surface area contributed by atoms with Crippen molar-refractivity contribution in [2.45, 2.75) is 12.8 Å². The highest BCUT2D eigenvalue weighted by Crippen LogP contribution is 2.32. The van der Waals surface area contributed by atoms with E-state index in [0.29, 0.717) is 5.69 Å². The fourth-order valence-electron chi connectivity index (χ4n) is 2.09. The molecule has 0 amide bonds. The van der Waals surface area contributed by atoms with Gasteiger partial charge in [0.1, 0.15) is 5.75 Å². The lowest BCUT2D eigenvalue weighted by molar-refractivity contribution is 0.409. The largest absolute Gasteiger partial charge is 0.496 e. The molecule has 0 aromatic heterocycles. The quantitative estimate of drug-likeness (QED) is 0.853. The number of hydrogen-bond acceptors (Lipinski definition) is 3. The predicted molar refractivity (Wildman–Crippen MR) is 76.0 cm³/mol. The highest BCUT2D eigenvalue weighted by atomic mass is 16.5. The van der Waals surface area contributed by atoms with Gasteiger partial charge in [-0.3, -0.25) is 0 Å². The Balaban J connectivity index is 2.51. The Morgan fingerprint density at radius 1 is 1.16 bits per heavy atom. The monoisotopic (exact) mass is 252 g/mol. The van der Waals surface area contributed by atoms with Crippen molar-refractivity contribution in [3.8, 4) is 11.8 Å². The van der Waals surface area contributed by atoms with Crippen LogP contribution in [0, 0.1) is 18.3 Å². The first kappa shape index (κ1) is 13.0. The minimum atomic E-state index is -0.351. The molecule has 0 saturated heterocycles. The molecule has 2 N–H and O–H groups in total. The van der Waals surface area contributed by atoms with E-state index in [1.807, 2.05) is 49.4 Å². The molecule has 0 fully saturated rings. The molecule has 0 spiro atoms. The van der Waals surface area contributed by atoms with E-state index >= 15 is 0 Å². The second-order valence-electron chi connectivity index (χ2n) is 4.47. The topological polar surface area (TPSA) is 59.0 Å². The summed E-state index contributed by atoms with van der Waals surface area (Å²) < 4.78 is 5.35. The van der Waals surface area contributed by atoms with Gasteiger partial charge in [0, 0.05) is 11.3 Å². The van der Waals surface area contributed by atoms with Crippen LogP contribution in [0.25, 0.3) is 0 Å². The van der Waals surface area contributed by atoms with Crippen LogP contribution in [0.2, 0.25) is 0 Å². The number of nitriles is 1. The van der Waals surface area contributed by atoms with Gasteiger partial charge in [0.2, 0.25) is 0 Å². The van der Waals surface area contributed by atoms with E-state index in [2.05, 4.69) is 6.07 Å². The third-order valence-corrected chi connectivity index (χ3v) is 3.10. The molecule has 0 bridgehead atoms. The first-order valence-electron chi connectivity index (χ1n) is 6.05. The number of anilines is 1. The second-order valence-corrected chi connectivity index (χ2v) is 4.47. The molecule has 3 nitrogen and oxygen atoms in total. The maximum absolute atomic E-state index is 9.48. The summed E-state index contributed by atoms with van der Waals surface area (Å²) in [5.41, 5.74) is 9.28. The number of aryl methyl sites for hydroxylation is 1. The summed E-state index contributed by atoms with van der Waals surface area (Å²) in [6.45, 7) is 2.00. The van der Waals surface area contributed by atoms with Crippen LogP contribution < -0.4 is 10.5 Å². The number of rotatable bonds is 3. The van der Waals surface area contributed by atoms with Crippen LogP contribution in [-0.4, -0.2) is 7.11 Å². The van der Waals surface area contributed by atoms with Gasteiger partial charge in [0.05, 0.1) is 19.1 Å². The number of benzene rings is 2. The van der Waals surface area contributed by atoms with Crippen molar-refractivity contribution in [2.75, 3.05) is 12.8 Å². The van der Waals surface area contributed by atoms with Crippen molar-refractivity contribution in [3.05, 3.63) is 59.2 Å². The Kier molecular flexibility index (Phi) is 3.72. The normalized spacial score (nSPS) is 11.6. The Labute approximate surface area is 113 Å². The number of ether oxygens (including phenoxy) is 1. The van der Waals surface area contributed by atoms with Crippen LogP contribution in [0.1, 0.15) is 22.6 Å². The van der Waals surface area contributed by atoms with Gasteiger partial charge in [-0.15, -0.1) is 0 Å². The van der Waals surface area contributed by atoms with Gasteiger partial charge in [-0.05, 0) is 30.7 Å². The Bertz CT molecular complexity index is 612. The summed E-state index contributed by atoms with van der Waals surface area (Å²) in [5.74, 6) is 0.379. The van der Waals surface area contributed by atoms with Gasteiger partial charge in [-0.25, -0.2) is 0 Å². The fraction of sp³-hybridized carbons (Fsp3) is 0.188. The molecule has 0 heterocycles. The Morgan fingerprint density at radius 3 is 2.42 bits per heavy atom. The van der Waals surface area contributed by atoms with Crippen molar-refractivity contribution >= 4 is 5.69 Å². The van der Waals surface area contributed by atoms with Gasteiger partial charge >= 0.3 is 0 Å². The van der Waals surface area contributed by atoms with Crippen LogP contribution in [0.5, 0.6) is 5.75 Å². The van der Waals surface area contributed by atoms with Crippen LogP contribution in [-0.2, 0) is 0 Å². The molecule has 2 aromatic rings. The molecule has 1 atom stereocenters. The molecule has 0 aliphatic carbocycles. The molecule has 2 aromatic carbocycles. The lowest BCUT2D eigenvalue weighted by Gasteiger charge is -2.15. The third-order valence-electron chi connectivity index (χ3n) is 3.10. The first-order chi connectivity index (χ1) is 9.15. The molecule has 3 heteroatoms. The highest BCUT2D eigenvalue weighted by Gasteiger charge is 2.17. The van der Waals surface area contributed by atoms with E-state index in [9.17, 15) is 5.26 Å². The minimum absolute atomic E-state index is 0.351. The van der Waals surface area contributed by atoms with Crippen molar-refractivity contribution in [1.29, 1.82) is 5.26 Å². The number of nitrogen functional groups attached to an aromatic ring is 1. The van der Waals surface area contributed by atoms with Crippen LogP contribution >= 0.6 is 0 Å². The lowest BCUT2D eigenvalue weighted by Crippen LogP contribution is -2.02. The molecule has 0 aliphatic heterocycles. The van der Waals surface area contributed by atoms with E-state index in [1.165, 1.54) is 0 Å². The number of hydrogen-bond donors (Lipinski definition) is 1. The maximum Gasteiger partial charge on any atom is 0.123 e. The molecule has 1 unspecified atom stereocenters. The summed E-state index contributed by atoms with van der Waals surface area (Å²) in [7, 11) is 1.62. The SMILES string of the molecule is COc1ccc(C)cc1C(C#N)c1ccc(N)cc1. The van der Waals surface area contributed by atoms with E-state index < -0.39 is 0 Å². The second kappa shape index (κ2) is 5.45. The zero-order valence-corrected chi connectivity index (χ0v) is 11.1. The minimum Gasteiger partial charge on any atom is -0.496 e. The van der Waals surface area contributed by atoms with E-state index in [4.69, 9.17) is 10.5 Å². The average molecular weight is 252 g/mol. The van der Waals surface area contributed by atoms with E-state index in [1.54, 1.807) is 7.11 Å². The third kappa shape index (κ3) is 2.69. The summed E-state index contributed by atoms with van der Waals surface area (Å²) in [6.07, 6.45) is 0. The molecule has 19 heavy (non-hydrogen) atoms. The standard InChI is InChI=1S/C16H16N2O/c1-11-3-8-16(19-2)14(9-11)15(10-17)12-4-6-13(18)7-5-12/h3-9,15H,18H2,1-2H3. The van der Waals surface area contributed by atoms with Crippen molar-refractivity contribution in [1.82, 2.24) is 0 Å². The van der Waals surface area contributed by atoms with Crippen LogP contribution in [0.4, 0.5) is 5.69 Å². The molecule has 0 aliphatic rings. The smallest absolute Gasteiger partial charge is 0.123 e. The van der Waals surface area contributed by atoms with Gasteiger partial charge in [0.15, 0.2) is 0 Å². The zero-order chi connectivity index (χ0) is 13.8. The lowest BCUT2D eigenvalue weighted by atomic mass is 9.91. The number of nitrogens with two attached hydrogens (primary N) is 1. The van der Waals surface area contributed by atoms with Crippen molar-refractivity contribution < 1.29 is 4.74 Å². The molecule has 2 rings (SSSR count). The van der Waals surface area contributed by atoms with Crippen molar-refractivity contribution in [2.24, 2.45) is 0 Å². The van der Waals surface area contributed by atoms with Gasteiger partial charge in [-0.2, -0.15) is 5.26 Å². The Hall–Kier alpha value is -2.47. The zero-order valence-electron chi connectivity index (χ0n) is 11.1. The summed E-state index contributed by atoms with van der Waals surface area (Å²) in [4.78, 5) is 0. The summed E-state index contributed by atoms with van der Waals surface area (Å²) in [5, 5.41) is 9.48. The molecule has 96 valence electrons. The first-order valence-corrected chi connectivity index (χ1v) is 6.05. The predicted octanol–water partition coefficient (Wildman–Crippen LogP) is 3.24. The van der Waals surface area contributed by atoms with Crippen molar-refractivity contribution in [3.63, 3.8) is 0 Å². The molecule has 0 radical (unpaired) electrons. The van der Waals surface area contributed by atoms with E-state index in [-0.39, 0.29) is 5.92 Å². The summed E-state index contributed by atoms with van der Waals surface area (Å²) in [6, 6.07) is 15.6. The fourth-order valence-corrected chi connectivity index (χ4v) is 2.09. The maximum atomic E-state index is 9.48. The van der Waals surface area contributed by atoms with Gasteiger partial charge in [0.25, 0.3) is 0 Å². The van der Waals surface area contributed by atoms with Gasteiger partial charge in [-0.1, -0.05) is 29.8 Å². The molecular formula is C16H16N2O. The van der Waals surface area contributed by atoms with Gasteiger partial charge < -0.3 is 10.5 Å². The molecular weight excluding hydrogens is 236 g/mol. The van der Waals surface area contributed by atoms with Crippen LogP contribution in [0.3, 0.4) is 0 Å². The van der Waals surface area contributed by atoms with E-state index in [0.717, 1.165) is 22.4 Å². The summed E-state index contributed by atoms with van der Waals surface area (Å²) >= 11 is 0. The Morgan fingerprint density at radius 2 is 1.84 bits per heavy atom. The van der Waals surface area contributed by atoms with Crippen LogP contribution in [0.15, 0.2) is 42.5 Å². The number of methoxy groups -OCH3 is 1. The highest BCUT2D eigenvalue weighted by molar-refractivity contribution is 5.50. The average Bonchev–Trinajstić information content (AvgIpc) is 2.42. The number of nitrogens with zero attached hydrogens (tertiary/aromatic N) is 1. The molecule has 0 saturated carbocycles.